The van der Waals surface area contributed by atoms with Crippen molar-refractivity contribution in [2.75, 3.05) is 5.32 Å². The molecule has 108 valence electrons. The van der Waals surface area contributed by atoms with Gasteiger partial charge in [0, 0.05) is 5.02 Å². The van der Waals surface area contributed by atoms with Gasteiger partial charge in [0.2, 0.25) is 5.91 Å². The first kappa shape index (κ1) is 15.1. The largest absolute Gasteiger partial charge is 0.481 e. The summed E-state index contributed by atoms with van der Waals surface area (Å²) in [5.74, 6) is -2.36. The Morgan fingerprint density at radius 2 is 1.85 bits per heavy atom. The second kappa shape index (κ2) is 6.02. The summed E-state index contributed by atoms with van der Waals surface area (Å²) in [4.78, 5) is 23.3. The van der Waals surface area contributed by atoms with Gasteiger partial charge in [-0.2, -0.15) is 0 Å². The maximum Gasteiger partial charge on any atom is 0.307 e. The molecule has 1 aliphatic rings. The minimum atomic E-state index is -0.921. The topological polar surface area (TPSA) is 66.4 Å². The summed E-state index contributed by atoms with van der Waals surface area (Å²) in [6, 6.07) is 3.25. The van der Waals surface area contributed by atoms with E-state index in [1.165, 1.54) is 0 Å². The minimum absolute atomic E-state index is 0.309. The first-order valence-electron chi connectivity index (χ1n) is 6.39. The van der Waals surface area contributed by atoms with Crippen molar-refractivity contribution in [1.82, 2.24) is 0 Å². The summed E-state index contributed by atoms with van der Waals surface area (Å²) in [6.07, 6.45) is 1.87. The van der Waals surface area contributed by atoms with Gasteiger partial charge in [0.25, 0.3) is 0 Å². The molecule has 6 heteroatoms. The lowest BCUT2D eigenvalue weighted by Crippen LogP contribution is -2.30. The lowest BCUT2D eigenvalue weighted by atomic mass is 9.95. The number of hydrogen-bond donors (Lipinski definition) is 2. The van der Waals surface area contributed by atoms with Crippen molar-refractivity contribution < 1.29 is 14.7 Å². The molecule has 0 heterocycles. The van der Waals surface area contributed by atoms with Crippen LogP contribution in [0.15, 0.2) is 12.1 Å². The molecular formula is C14H15Cl2NO3. The fourth-order valence-electron chi connectivity index (χ4n) is 2.54. The van der Waals surface area contributed by atoms with Gasteiger partial charge in [-0.3, -0.25) is 9.59 Å². The summed E-state index contributed by atoms with van der Waals surface area (Å²) < 4.78 is 0. The molecule has 0 radical (unpaired) electrons. The second-order valence-corrected chi connectivity index (χ2v) is 5.87. The van der Waals surface area contributed by atoms with Gasteiger partial charge < -0.3 is 10.4 Å². The molecule has 1 aromatic carbocycles. The fraction of sp³-hybridized carbons (Fsp3) is 0.429. The Kier molecular flexibility index (Phi) is 4.55. The van der Waals surface area contributed by atoms with E-state index in [-0.39, 0.29) is 5.91 Å². The number of amides is 1. The monoisotopic (exact) mass is 315 g/mol. The van der Waals surface area contributed by atoms with Crippen LogP contribution in [0, 0.1) is 18.8 Å². The van der Waals surface area contributed by atoms with Crippen LogP contribution in [-0.4, -0.2) is 17.0 Å². The predicted molar refractivity (Wildman–Crippen MR) is 78.3 cm³/mol. The Bertz CT molecular complexity index is 560. The summed E-state index contributed by atoms with van der Waals surface area (Å²) in [5, 5.41) is 12.7. The maximum absolute atomic E-state index is 12.2. The zero-order chi connectivity index (χ0) is 14.9. The molecule has 1 aliphatic carbocycles. The number of anilines is 1. The molecule has 1 fully saturated rings. The number of carbonyl (C=O) groups excluding carboxylic acids is 1. The molecule has 0 spiro atoms. The van der Waals surface area contributed by atoms with Crippen molar-refractivity contribution in [3.63, 3.8) is 0 Å². The summed E-state index contributed by atoms with van der Waals surface area (Å²) in [7, 11) is 0. The van der Waals surface area contributed by atoms with Crippen molar-refractivity contribution in [1.29, 1.82) is 0 Å². The van der Waals surface area contributed by atoms with Crippen LogP contribution in [0.1, 0.15) is 24.8 Å². The summed E-state index contributed by atoms with van der Waals surface area (Å²) >= 11 is 12.1. The molecule has 0 bridgehead atoms. The Morgan fingerprint density at radius 1 is 1.20 bits per heavy atom. The first-order chi connectivity index (χ1) is 9.40. The van der Waals surface area contributed by atoms with Crippen LogP contribution in [0.5, 0.6) is 0 Å². The van der Waals surface area contributed by atoms with Crippen LogP contribution in [-0.2, 0) is 9.59 Å². The van der Waals surface area contributed by atoms with Gasteiger partial charge in [-0.05, 0) is 37.5 Å². The van der Waals surface area contributed by atoms with E-state index < -0.39 is 17.8 Å². The highest BCUT2D eigenvalue weighted by molar-refractivity contribution is 6.36. The molecule has 20 heavy (non-hydrogen) atoms. The third kappa shape index (κ3) is 3.07. The third-order valence-corrected chi connectivity index (χ3v) is 4.40. The highest BCUT2D eigenvalue weighted by atomic mass is 35.5. The average molecular weight is 316 g/mol. The fourth-order valence-corrected chi connectivity index (χ4v) is 2.97. The lowest BCUT2D eigenvalue weighted by molar-refractivity contribution is -0.145. The number of carboxylic acid groups (broad SMARTS) is 1. The van der Waals surface area contributed by atoms with Crippen molar-refractivity contribution in [2.24, 2.45) is 11.8 Å². The van der Waals surface area contributed by atoms with Crippen LogP contribution >= 0.6 is 23.2 Å². The van der Waals surface area contributed by atoms with Crippen molar-refractivity contribution in [3.8, 4) is 0 Å². The van der Waals surface area contributed by atoms with Crippen molar-refractivity contribution >= 4 is 40.8 Å². The van der Waals surface area contributed by atoms with Gasteiger partial charge in [0.05, 0.1) is 22.5 Å². The summed E-state index contributed by atoms with van der Waals surface area (Å²) in [5.41, 5.74) is 1.24. The second-order valence-electron chi connectivity index (χ2n) is 5.05. The van der Waals surface area contributed by atoms with E-state index in [4.69, 9.17) is 28.3 Å². The Labute approximate surface area is 127 Å². The normalized spacial score (nSPS) is 21.8. The van der Waals surface area contributed by atoms with Crippen LogP contribution in [0.3, 0.4) is 0 Å². The van der Waals surface area contributed by atoms with Gasteiger partial charge in [0.1, 0.15) is 0 Å². The van der Waals surface area contributed by atoms with Gasteiger partial charge >= 0.3 is 5.97 Å². The van der Waals surface area contributed by atoms with Crippen molar-refractivity contribution in [2.45, 2.75) is 26.2 Å². The molecular weight excluding hydrogens is 301 g/mol. The first-order valence-corrected chi connectivity index (χ1v) is 7.15. The predicted octanol–water partition coefficient (Wildman–Crippen LogP) is 3.74. The van der Waals surface area contributed by atoms with Crippen LogP contribution < -0.4 is 5.32 Å². The molecule has 1 amide bonds. The van der Waals surface area contributed by atoms with Gasteiger partial charge in [0.15, 0.2) is 0 Å². The van der Waals surface area contributed by atoms with Crippen LogP contribution in [0.25, 0.3) is 0 Å². The van der Waals surface area contributed by atoms with Gasteiger partial charge in [-0.15, -0.1) is 0 Å². The zero-order valence-corrected chi connectivity index (χ0v) is 12.5. The average Bonchev–Trinajstić information content (AvgIpc) is 2.85. The Morgan fingerprint density at radius 3 is 2.50 bits per heavy atom. The van der Waals surface area contributed by atoms with Crippen LogP contribution in [0.4, 0.5) is 5.69 Å². The minimum Gasteiger partial charge on any atom is -0.481 e. The molecule has 0 aliphatic heterocycles. The van der Waals surface area contributed by atoms with E-state index in [2.05, 4.69) is 5.32 Å². The summed E-state index contributed by atoms with van der Waals surface area (Å²) in [6.45, 7) is 1.82. The molecule has 2 N–H and O–H groups in total. The number of nitrogens with one attached hydrogen (secondary N) is 1. The molecule has 2 atom stereocenters. The number of rotatable bonds is 3. The number of carbonyl (C=O) groups is 2. The smallest absolute Gasteiger partial charge is 0.307 e. The quantitative estimate of drug-likeness (QED) is 0.892. The third-order valence-electron chi connectivity index (χ3n) is 3.68. The number of carboxylic acids is 1. The molecule has 4 nitrogen and oxygen atoms in total. The van der Waals surface area contributed by atoms with E-state index >= 15 is 0 Å². The van der Waals surface area contributed by atoms with Crippen molar-refractivity contribution in [3.05, 3.63) is 27.7 Å². The van der Waals surface area contributed by atoms with E-state index in [0.29, 0.717) is 28.6 Å². The van der Waals surface area contributed by atoms with E-state index in [0.717, 1.165) is 12.0 Å². The highest BCUT2D eigenvalue weighted by Crippen LogP contribution is 2.34. The molecule has 2 rings (SSSR count). The maximum atomic E-state index is 12.2. The van der Waals surface area contributed by atoms with E-state index in [1.54, 1.807) is 12.1 Å². The zero-order valence-electron chi connectivity index (χ0n) is 11.0. The number of benzene rings is 1. The number of aryl methyl sites for hydroxylation is 1. The molecule has 0 aromatic heterocycles. The molecule has 0 unspecified atom stereocenters. The van der Waals surface area contributed by atoms with Gasteiger partial charge in [-0.25, -0.2) is 0 Å². The van der Waals surface area contributed by atoms with E-state index in [1.807, 2.05) is 6.92 Å². The number of hydrogen-bond acceptors (Lipinski definition) is 2. The van der Waals surface area contributed by atoms with E-state index in [9.17, 15) is 9.59 Å². The SMILES string of the molecule is Cc1cc(Cl)c(NC(=O)[C@@H]2CCC[C@@H]2C(=O)O)cc1Cl. The van der Waals surface area contributed by atoms with Gasteiger partial charge in [-0.1, -0.05) is 29.6 Å². The lowest BCUT2D eigenvalue weighted by Gasteiger charge is -2.16. The molecule has 0 saturated heterocycles. The molecule has 1 saturated carbocycles. The Hall–Kier alpha value is -1.26. The highest BCUT2D eigenvalue weighted by Gasteiger charge is 2.37. The molecule has 1 aromatic rings. The number of aliphatic carboxylic acids is 1. The Balaban J connectivity index is 2.16. The van der Waals surface area contributed by atoms with Crippen LogP contribution in [0.2, 0.25) is 10.0 Å². The number of halogens is 2. The standard InChI is InChI=1S/C14H15Cl2NO3/c1-7-5-11(16)12(6-10(7)15)17-13(18)8-3-2-4-9(8)14(19)20/h5-6,8-9H,2-4H2,1H3,(H,17,18)(H,19,20)/t8-,9+/m1/s1.